The van der Waals surface area contributed by atoms with E-state index < -0.39 is 0 Å². The van der Waals surface area contributed by atoms with Crippen molar-refractivity contribution in [2.24, 2.45) is 0 Å². The van der Waals surface area contributed by atoms with Gasteiger partial charge in [0.15, 0.2) is 0 Å². The molecule has 0 aliphatic rings. The Hall–Kier alpha value is -2.86. The highest BCUT2D eigenvalue weighted by Crippen LogP contribution is 2.20. The summed E-state index contributed by atoms with van der Waals surface area (Å²) in [7, 11) is 3.27. The third-order valence-electron chi connectivity index (χ3n) is 3.61. The highest BCUT2D eigenvalue weighted by atomic mass is 35.5. The highest BCUT2D eigenvalue weighted by Gasteiger charge is 2.16. The van der Waals surface area contributed by atoms with Gasteiger partial charge < -0.3 is 14.2 Å². The minimum atomic E-state index is -0.174. The molecule has 0 N–H and O–H groups in total. The van der Waals surface area contributed by atoms with Gasteiger partial charge in [0.1, 0.15) is 5.75 Å². The third-order valence-corrected chi connectivity index (χ3v) is 3.84. The summed E-state index contributed by atoms with van der Waals surface area (Å²) in [6.07, 6.45) is 0. The number of hydrogen-bond acceptors (Lipinski definition) is 5. The Kier molecular flexibility index (Phi) is 5.00. The first kappa shape index (κ1) is 17.0. The molecule has 6 nitrogen and oxygen atoms in total. The molecule has 0 unspecified atom stereocenters. The summed E-state index contributed by atoms with van der Waals surface area (Å²) >= 11 is 5.93. The monoisotopic (exact) mass is 357 g/mol. The molecule has 0 aliphatic carbocycles. The van der Waals surface area contributed by atoms with E-state index in [-0.39, 0.29) is 12.5 Å². The maximum atomic E-state index is 12.4. The molecular formula is C18H16ClN3O3. The predicted molar refractivity (Wildman–Crippen MR) is 93.5 cm³/mol. The van der Waals surface area contributed by atoms with Crippen molar-refractivity contribution in [3.8, 4) is 17.1 Å². The summed E-state index contributed by atoms with van der Waals surface area (Å²) in [6, 6.07) is 14.1. The van der Waals surface area contributed by atoms with Crippen LogP contribution in [0.15, 0.2) is 53.1 Å². The van der Waals surface area contributed by atoms with E-state index in [0.29, 0.717) is 22.3 Å². The Morgan fingerprint density at radius 2 is 2.00 bits per heavy atom. The Balaban J connectivity index is 1.71. The smallest absolute Gasteiger partial charge is 0.254 e. The number of rotatable bonds is 5. The lowest BCUT2D eigenvalue weighted by molar-refractivity contribution is 0.0769. The van der Waals surface area contributed by atoms with Crippen LogP contribution in [-0.2, 0) is 6.54 Å². The van der Waals surface area contributed by atoms with Crippen LogP contribution < -0.4 is 4.74 Å². The number of halogens is 1. The average molecular weight is 358 g/mol. The van der Waals surface area contributed by atoms with Gasteiger partial charge in [-0.2, -0.15) is 4.98 Å². The van der Waals surface area contributed by atoms with Crippen LogP contribution in [0, 0.1) is 0 Å². The van der Waals surface area contributed by atoms with Crippen LogP contribution in [-0.4, -0.2) is 35.1 Å². The lowest BCUT2D eigenvalue weighted by Gasteiger charge is -2.14. The van der Waals surface area contributed by atoms with Crippen molar-refractivity contribution in [2.45, 2.75) is 6.54 Å². The van der Waals surface area contributed by atoms with E-state index in [2.05, 4.69) is 10.1 Å². The molecule has 3 aromatic rings. The van der Waals surface area contributed by atoms with E-state index in [1.807, 2.05) is 24.3 Å². The van der Waals surface area contributed by atoms with Gasteiger partial charge in [0.05, 0.1) is 13.7 Å². The molecule has 3 rings (SSSR count). The first-order valence-electron chi connectivity index (χ1n) is 7.55. The van der Waals surface area contributed by atoms with Gasteiger partial charge >= 0.3 is 0 Å². The molecule has 7 heteroatoms. The molecule has 1 amide bonds. The zero-order chi connectivity index (χ0) is 17.8. The molecule has 0 aliphatic heterocycles. The summed E-state index contributed by atoms with van der Waals surface area (Å²) in [6.45, 7) is 0.203. The number of hydrogen-bond donors (Lipinski definition) is 0. The molecular weight excluding hydrogens is 342 g/mol. The van der Waals surface area contributed by atoms with Gasteiger partial charge in [-0.3, -0.25) is 4.79 Å². The van der Waals surface area contributed by atoms with Crippen molar-refractivity contribution in [3.05, 3.63) is 65.0 Å². The van der Waals surface area contributed by atoms with Gasteiger partial charge in [0.25, 0.3) is 5.91 Å². The molecule has 2 aromatic carbocycles. The molecule has 0 radical (unpaired) electrons. The summed E-state index contributed by atoms with van der Waals surface area (Å²) in [5, 5.41) is 4.47. The predicted octanol–water partition coefficient (Wildman–Crippen LogP) is 3.67. The number of carbonyl (C=O) groups is 1. The zero-order valence-electron chi connectivity index (χ0n) is 13.8. The maximum Gasteiger partial charge on any atom is 0.254 e. The molecule has 1 aromatic heterocycles. The van der Waals surface area contributed by atoms with Crippen LogP contribution in [0.2, 0.25) is 5.02 Å². The summed E-state index contributed by atoms with van der Waals surface area (Å²) in [5.74, 6) is 1.39. The Morgan fingerprint density at radius 3 is 2.68 bits per heavy atom. The number of carbonyl (C=O) groups excluding carboxylic acids is 1. The molecule has 0 saturated heterocycles. The number of methoxy groups -OCH3 is 1. The van der Waals surface area contributed by atoms with Crippen molar-refractivity contribution in [2.75, 3.05) is 14.2 Å². The molecule has 25 heavy (non-hydrogen) atoms. The second kappa shape index (κ2) is 7.36. The van der Waals surface area contributed by atoms with Crippen molar-refractivity contribution >= 4 is 17.5 Å². The van der Waals surface area contributed by atoms with Crippen molar-refractivity contribution in [1.29, 1.82) is 0 Å². The van der Waals surface area contributed by atoms with E-state index in [9.17, 15) is 4.79 Å². The Bertz CT molecular complexity index is 877. The molecule has 0 spiro atoms. The zero-order valence-corrected chi connectivity index (χ0v) is 14.5. The van der Waals surface area contributed by atoms with Gasteiger partial charge in [0, 0.05) is 23.2 Å². The first-order chi connectivity index (χ1) is 12.1. The number of amides is 1. The fraction of sp³-hybridized carbons (Fsp3) is 0.167. The second-order valence-electron chi connectivity index (χ2n) is 5.41. The summed E-state index contributed by atoms with van der Waals surface area (Å²) < 4.78 is 10.4. The van der Waals surface area contributed by atoms with Crippen molar-refractivity contribution < 1.29 is 14.1 Å². The van der Waals surface area contributed by atoms with Crippen molar-refractivity contribution in [1.82, 2.24) is 15.0 Å². The third kappa shape index (κ3) is 3.97. The fourth-order valence-corrected chi connectivity index (χ4v) is 2.48. The van der Waals surface area contributed by atoms with Gasteiger partial charge in [0.2, 0.25) is 11.7 Å². The van der Waals surface area contributed by atoms with E-state index in [4.69, 9.17) is 20.9 Å². The topological polar surface area (TPSA) is 68.5 Å². The number of ether oxygens (including phenoxy) is 1. The highest BCUT2D eigenvalue weighted by molar-refractivity contribution is 6.30. The first-order valence-corrected chi connectivity index (χ1v) is 7.92. The van der Waals surface area contributed by atoms with Gasteiger partial charge in [-0.05, 0) is 42.5 Å². The van der Waals surface area contributed by atoms with Crippen LogP contribution in [0.4, 0.5) is 0 Å². The molecule has 0 atom stereocenters. The van der Waals surface area contributed by atoms with E-state index >= 15 is 0 Å². The molecule has 1 heterocycles. The van der Waals surface area contributed by atoms with Crippen LogP contribution >= 0.6 is 11.6 Å². The minimum absolute atomic E-state index is 0.174. The summed E-state index contributed by atoms with van der Waals surface area (Å²) in [5.41, 5.74) is 1.31. The maximum absolute atomic E-state index is 12.4. The normalized spacial score (nSPS) is 10.5. The van der Waals surface area contributed by atoms with Crippen LogP contribution in [0.5, 0.6) is 5.75 Å². The van der Waals surface area contributed by atoms with Gasteiger partial charge in [-0.1, -0.05) is 22.8 Å². The van der Waals surface area contributed by atoms with Gasteiger partial charge in [-0.15, -0.1) is 0 Å². The van der Waals surface area contributed by atoms with Gasteiger partial charge in [-0.25, -0.2) is 0 Å². The van der Waals surface area contributed by atoms with Crippen LogP contribution in [0.3, 0.4) is 0 Å². The van der Waals surface area contributed by atoms with Crippen LogP contribution in [0.25, 0.3) is 11.4 Å². The average Bonchev–Trinajstić information content (AvgIpc) is 3.09. The standard InChI is InChI=1S/C18H16ClN3O3/c1-22(18(23)13-4-3-5-14(19)10-13)11-16-20-17(21-25-16)12-6-8-15(24-2)9-7-12/h3-10H,11H2,1-2H3. The molecule has 128 valence electrons. The number of nitrogens with zero attached hydrogens (tertiary/aromatic N) is 3. The molecule has 0 fully saturated rings. The second-order valence-corrected chi connectivity index (χ2v) is 5.85. The Morgan fingerprint density at radius 1 is 1.24 bits per heavy atom. The minimum Gasteiger partial charge on any atom is -0.497 e. The van der Waals surface area contributed by atoms with E-state index in [1.165, 1.54) is 4.90 Å². The quantitative estimate of drug-likeness (QED) is 0.696. The van der Waals surface area contributed by atoms with E-state index in [1.54, 1.807) is 38.4 Å². The molecule has 0 saturated carbocycles. The van der Waals surface area contributed by atoms with Crippen molar-refractivity contribution in [3.63, 3.8) is 0 Å². The lowest BCUT2D eigenvalue weighted by Crippen LogP contribution is -2.26. The molecule has 0 bridgehead atoms. The lowest BCUT2D eigenvalue weighted by atomic mass is 10.2. The summed E-state index contributed by atoms with van der Waals surface area (Å²) in [4.78, 5) is 18.2. The number of aromatic nitrogens is 2. The number of benzene rings is 2. The van der Waals surface area contributed by atoms with E-state index in [0.717, 1.165) is 11.3 Å². The Labute approximate surface area is 150 Å². The SMILES string of the molecule is COc1ccc(-c2noc(CN(C)C(=O)c3cccc(Cl)c3)n2)cc1. The fourth-order valence-electron chi connectivity index (χ4n) is 2.29. The van der Waals surface area contributed by atoms with Crippen LogP contribution in [0.1, 0.15) is 16.2 Å². The largest absolute Gasteiger partial charge is 0.497 e.